The van der Waals surface area contributed by atoms with Crippen molar-refractivity contribution in [2.75, 3.05) is 0 Å². The predicted molar refractivity (Wildman–Crippen MR) is 136 cm³/mol. The number of hydrogen-bond donors (Lipinski definition) is 1. The Morgan fingerprint density at radius 2 is 1.63 bits per heavy atom. The lowest BCUT2D eigenvalue weighted by Gasteiger charge is -2.26. The Bertz CT molecular complexity index is 1310. The zero-order valence-corrected chi connectivity index (χ0v) is 20.4. The van der Waals surface area contributed by atoms with Gasteiger partial charge in [-0.25, -0.2) is 4.98 Å². The fourth-order valence-corrected chi connectivity index (χ4v) is 6.65. The maximum absolute atomic E-state index is 13.3. The third kappa shape index (κ3) is 4.47. The van der Waals surface area contributed by atoms with E-state index in [1.165, 1.54) is 28.3 Å². The van der Waals surface area contributed by atoms with E-state index < -0.39 is 0 Å². The quantitative estimate of drug-likeness (QED) is 0.440. The zero-order chi connectivity index (χ0) is 23.9. The smallest absolute Gasteiger partial charge is 0.229 e. The summed E-state index contributed by atoms with van der Waals surface area (Å²) < 4.78 is 0. The number of imide groups is 1. The number of aromatic nitrogens is 1. The van der Waals surface area contributed by atoms with E-state index in [1.807, 2.05) is 12.1 Å². The molecule has 1 saturated heterocycles. The summed E-state index contributed by atoms with van der Waals surface area (Å²) in [5.74, 6) is 0.193. The van der Waals surface area contributed by atoms with Gasteiger partial charge in [-0.15, -0.1) is 11.3 Å². The number of benzene rings is 2. The Morgan fingerprint density at radius 1 is 0.857 bits per heavy atom. The molecule has 1 aliphatic heterocycles. The molecule has 3 aliphatic rings. The van der Waals surface area contributed by atoms with Gasteiger partial charge in [-0.05, 0) is 62.1 Å². The van der Waals surface area contributed by atoms with Crippen LogP contribution in [-0.2, 0) is 16.0 Å². The van der Waals surface area contributed by atoms with Gasteiger partial charge in [0.15, 0.2) is 5.78 Å². The van der Waals surface area contributed by atoms with Gasteiger partial charge in [-0.3, -0.25) is 19.7 Å². The molecule has 2 unspecified atom stereocenters. The molecule has 6 heteroatoms. The molecule has 1 aromatic heterocycles. The number of amides is 2. The normalized spacial score (nSPS) is 22.1. The van der Waals surface area contributed by atoms with Crippen molar-refractivity contribution in [2.24, 2.45) is 11.8 Å². The van der Waals surface area contributed by atoms with Crippen LogP contribution in [0.25, 0.3) is 21.7 Å². The van der Waals surface area contributed by atoms with Gasteiger partial charge in [-0.2, -0.15) is 0 Å². The molecule has 2 heterocycles. The molecule has 0 radical (unpaired) electrons. The highest BCUT2D eigenvalue weighted by Gasteiger charge is 2.32. The molecule has 1 saturated carbocycles. The second-order valence-corrected chi connectivity index (χ2v) is 11.1. The number of aryl methyl sites for hydroxylation is 1. The molecule has 1 N–H and O–H groups in total. The van der Waals surface area contributed by atoms with Gasteiger partial charge in [0.2, 0.25) is 11.8 Å². The van der Waals surface area contributed by atoms with Crippen LogP contribution < -0.4 is 5.32 Å². The fourth-order valence-electron chi connectivity index (χ4n) is 5.38. The van der Waals surface area contributed by atoms with Gasteiger partial charge in [0.1, 0.15) is 0 Å². The second kappa shape index (κ2) is 9.15. The highest BCUT2D eigenvalue weighted by atomic mass is 32.1. The minimum absolute atomic E-state index is 0.0561. The molecular formula is C29H28N2O3S. The zero-order valence-electron chi connectivity index (χ0n) is 19.6. The molecule has 2 amide bonds. The van der Waals surface area contributed by atoms with Crippen LogP contribution in [-0.4, -0.2) is 22.6 Å². The SMILES string of the molecule is O=C1CCC(CCC2CCc3cc(-c4nc(C5CC5)sc4-c4ccccc4)ccc3C2=O)C(=O)N1. The summed E-state index contributed by atoms with van der Waals surface area (Å²) in [7, 11) is 0. The number of rotatable bonds is 6. The monoisotopic (exact) mass is 484 g/mol. The van der Waals surface area contributed by atoms with Crippen molar-refractivity contribution in [2.45, 2.75) is 57.3 Å². The summed E-state index contributed by atoms with van der Waals surface area (Å²) in [6.07, 6.45) is 6.44. The number of carbonyl (C=O) groups excluding carboxylic acids is 3. The number of Topliss-reactive ketones (excluding diaryl/α,β-unsaturated/α-hetero) is 1. The van der Waals surface area contributed by atoms with Crippen LogP contribution >= 0.6 is 11.3 Å². The standard InChI is InChI=1S/C29H28N2O3S/c32-24-15-13-19(28(34)30-24)8-6-17-7-11-21-16-22(12-14-23(21)26(17)33)25-27(18-4-2-1-3-5-18)35-29(31-25)20-9-10-20/h1-5,12,14,16-17,19-20H,6-11,13,15H2,(H,30,32,34). The highest BCUT2D eigenvalue weighted by Crippen LogP contribution is 2.47. The lowest BCUT2D eigenvalue weighted by molar-refractivity contribution is -0.136. The number of piperidine rings is 1. The average molecular weight is 485 g/mol. The molecule has 2 atom stereocenters. The van der Waals surface area contributed by atoms with E-state index in [2.05, 4.69) is 41.7 Å². The number of nitrogens with zero attached hydrogens (tertiary/aromatic N) is 1. The third-order valence-corrected chi connectivity index (χ3v) is 8.87. The van der Waals surface area contributed by atoms with Crippen molar-refractivity contribution in [3.8, 4) is 21.7 Å². The summed E-state index contributed by atoms with van der Waals surface area (Å²) >= 11 is 1.81. The molecule has 5 nitrogen and oxygen atoms in total. The van der Waals surface area contributed by atoms with Crippen LogP contribution in [0.4, 0.5) is 0 Å². The van der Waals surface area contributed by atoms with Crippen molar-refractivity contribution < 1.29 is 14.4 Å². The number of thiazole rings is 1. The number of carbonyl (C=O) groups is 3. The van der Waals surface area contributed by atoms with Crippen LogP contribution in [0.1, 0.15) is 71.8 Å². The molecule has 178 valence electrons. The first kappa shape index (κ1) is 22.4. The Hall–Kier alpha value is -3.12. The van der Waals surface area contributed by atoms with Gasteiger partial charge in [0.25, 0.3) is 0 Å². The Kier molecular flexibility index (Phi) is 5.85. The van der Waals surface area contributed by atoms with E-state index in [1.54, 1.807) is 11.3 Å². The maximum Gasteiger partial charge on any atom is 0.229 e. The third-order valence-electron chi connectivity index (χ3n) is 7.60. The number of hydrogen-bond acceptors (Lipinski definition) is 5. The first-order valence-electron chi connectivity index (χ1n) is 12.6. The van der Waals surface area contributed by atoms with E-state index in [9.17, 15) is 14.4 Å². The van der Waals surface area contributed by atoms with Crippen molar-refractivity contribution >= 4 is 28.9 Å². The van der Waals surface area contributed by atoms with Crippen molar-refractivity contribution in [3.63, 3.8) is 0 Å². The molecule has 2 aromatic carbocycles. The number of ketones is 1. The maximum atomic E-state index is 13.3. The van der Waals surface area contributed by atoms with Gasteiger partial charge < -0.3 is 0 Å². The van der Waals surface area contributed by atoms with E-state index in [-0.39, 0.29) is 29.4 Å². The summed E-state index contributed by atoms with van der Waals surface area (Å²) in [5, 5.41) is 3.65. The molecular weight excluding hydrogens is 456 g/mol. The van der Waals surface area contributed by atoms with E-state index in [0.29, 0.717) is 31.6 Å². The minimum atomic E-state index is -0.190. The topological polar surface area (TPSA) is 76.1 Å². The lowest BCUT2D eigenvalue weighted by atomic mass is 9.78. The van der Waals surface area contributed by atoms with E-state index >= 15 is 0 Å². The van der Waals surface area contributed by atoms with E-state index in [0.717, 1.165) is 35.2 Å². The molecule has 35 heavy (non-hydrogen) atoms. The first-order valence-corrected chi connectivity index (χ1v) is 13.5. The van der Waals surface area contributed by atoms with Crippen LogP contribution in [0.3, 0.4) is 0 Å². The van der Waals surface area contributed by atoms with Gasteiger partial charge in [-0.1, -0.05) is 42.5 Å². The summed E-state index contributed by atoms with van der Waals surface area (Å²) in [5.41, 5.74) is 5.21. The average Bonchev–Trinajstić information content (AvgIpc) is 3.63. The molecule has 0 bridgehead atoms. The van der Waals surface area contributed by atoms with Crippen LogP contribution in [0, 0.1) is 11.8 Å². The van der Waals surface area contributed by atoms with Crippen LogP contribution in [0.15, 0.2) is 48.5 Å². The molecule has 2 fully saturated rings. The van der Waals surface area contributed by atoms with Crippen molar-refractivity contribution in [3.05, 3.63) is 64.7 Å². The molecule has 3 aromatic rings. The predicted octanol–water partition coefficient (Wildman–Crippen LogP) is 5.93. The van der Waals surface area contributed by atoms with Crippen molar-refractivity contribution in [1.29, 1.82) is 0 Å². The van der Waals surface area contributed by atoms with Crippen LogP contribution in [0.2, 0.25) is 0 Å². The van der Waals surface area contributed by atoms with E-state index in [4.69, 9.17) is 4.98 Å². The summed E-state index contributed by atoms with van der Waals surface area (Å²) in [4.78, 5) is 43.0. The van der Waals surface area contributed by atoms with Crippen LogP contribution in [0.5, 0.6) is 0 Å². The number of nitrogens with one attached hydrogen (secondary N) is 1. The molecule has 0 spiro atoms. The largest absolute Gasteiger partial charge is 0.296 e. The van der Waals surface area contributed by atoms with Gasteiger partial charge in [0, 0.05) is 35.3 Å². The first-order chi connectivity index (χ1) is 17.1. The Morgan fingerprint density at radius 3 is 2.40 bits per heavy atom. The summed E-state index contributed by atoms with van der Waals surface area (Å²) in [6.45, 7) is 0. The highest BCUT2D eigenvalue weighted by molar-refractivity contribution is 7.15. The Labute approximate surface area is 209 Å². The summed E-state index contributed by atoms with van der Waals surface area (Å²) in [6, 6.07) is 16.7. The lowest BCUT2D eigenvalue weighted by Crippen LogP contribution is -2.41. The molecule has 6 rings (SSSR count). The fraction of sp³-hybridized carbons (Fsp3) is 0.379. The molecule has 2 aliphatic carbocycles. The van der Waals surface area contributed by atoms with Gasteiger partial charge in [0.05, 0.1) is 15.6 Å². The second-order valence-electron chi connectivity index (χ2n) is 10.1. The van der Waals surface area contributed by atoms with Gasteiger partial charge >= 0.3 is 0 Å². The Balaban J connectivity index is 1.23. The van der Waals surface area contributed by atoms with Crippen molar-refractivity contribution in [1.82, 2.24) is 10.3 Å². The minimum Gasteiger partial charge on any atom is -0.296 e. The number of fused-ring (bicyclic) bond motifs is 1.